The van der Waals surface area contributed by atoms with Crippen molar-refractivity contribution in [1.82, 2.24) is 4.98 Å². The Morgan fingerprint density at radius 3 is 3.00 bits per heavy atom. The molecule has 0 saturated heterocycles. The summed E-state index contributed by atoms with van der Waals surface area (Å²) in [6.07, 6.45) is 0. The lowest BCUT2D eigenvalue weighted by atomic mass is 10.3. The van der Waals surface area contributed by atoms with Gasteiger partial charge in [-0.3, -0.25) is 0 Å². The highest BCUT2D eigenvalue weighted by Crippen LogP contribution is 2.27. The molecule has 2 aromatic rings. The molecule has 0 amide bonds. The first kappa shape index (κ1) is 8.49. The molecule has 0 bridgehead atoms. The molecule has 0 aliphatic carbocycles. The highest BCUT2D eigenvalue weighted by molar-refractivity contribution is 5.80. The normalized spacial score (nSPS) is 10.4. The molecule has 1 aromatic heterocycles. The molecule has 0 saturated carbocycles. The first-order valence-electron chi connectivity index (χ1n) is 3.80. The maximum atomic E-state index is 10.4. The van der Waals surface area contributed by atoms with Crippen molar-refractivity contribution in [3.63, 3.8) is 0 Å². The lowest BCUT2D eigenvalue weighted by Gasteiger charge is -1.93. The quantitative estimate of drug-likeness (QED) is 0.537. The van der Waals surface area contributed by atoms with Crippen molar-refractivity contribution in [3.8, 4) is 5.75 Å². The van der Waals surface area contributed by atoms with Gasteiger partial charge in [-0.2, -0.15) is 0 Å². The molecule has 1 heterocycles. The van der Waals surface area contributed by atoms with E-state index in [0.29, 0.717) is 16.8 Å². The van der Waals surface area contributed by atoms with E-state index in [-0.39, 0.29) is 0 Å². The Hall–Kier alpha value is -2.11. The third kappa shape index (κ3) is 1.17. The lowest BCUT2D eigenvalue weighted by Crippen LogP contribution is -1.87. The Morgan fingerprint density at radius 2 is 2.36 bits per heavy atom. The molecule has 1 aromatic carbocycles. The first-order valence-corrected chi connectivity index (χ1v) is 3.80. The number of para-hydroxylation sites is 1. The van der Waals surface area contributed by atoms with Gasteiger partial charge in [0.15, 0.2) is 11.3 Å². The summed E-state index contributed by atoms with van der Waals surface area (Å²) < 4.78 is 9.86. The van der Waals surface area contributed by atoms with Gasteiger partial charge in [-0.25, -0.2) is 0 Å². The SMILES string of the molecule is COc1cccc2oc([N+](=O)[O-])nc12. The number of aromatic nitrogens is 1. The fourth-order valence-electron chi connectivity index (χ4n) is 1.15. The monoisotopic (exact) mass is 194 g/mol. The number of nitro groups is 1. The number of hydrogen-bond donors (Lipinski definition) is 0. The molecule has 0 aliphatic heterocycles. The average molecular weight is 194 g/mol. The van der Waals surface area contributed by atoms with Crippen molar-refractivity contribution in [2.75, 3.05) is 7.11 Å². The van der Waals surface area contributed by atoms with Crippen LogP contribution in [0.5, 0.6) is 5.75 Å². The van der Waals surface area contributed by atoms with Gasteiger partial charge >= 0.3 is 6.01 Å². The zero-order chi connectivity index (χ0) is 10.1. The Labute approximate surface area is 78.3 Å². The second-order valence-electron chi connectivity index (χ2n) is 2.56. The van der Waals surface area contributed by atoms with Gasteiger partial charge in [0.25, 0.3) is 5.52 Å². The highest BCUT2D eigenvalue weighted by atomic mass is 16.7. The van der Waals surface area contributed by atoms with Gasteiger partial charge < -0.3 is 19.3 Å². The maximum absolute atomic E-state index is 10.4. The topological polar surface area (TPSA) is 78.4 Å². The maximum Gasteiger partial charge on any atom is 0.546 e. The number of nitrogens with zero attached hydrogens (tertiary/aromatic N) is 2. The van der Waals surface area contributed by atoms with Crippen LogP contribution in [0.1, 0.15) is 0 Å². The summed E-state index contributed by atoms with van der Waals surface area (Å²) in [6, 6.07) is 4.41. The molecule has 6 heteroatoms. The van der Waals surface area contributed by atoms with Crippen LogP contribution >= 0.6 is 0 Å². The smallest absolute Gasteiger partial charge is 0.492 e. The van der Waals surface area contributed by atoms with E-state index < -0.39 is 10.9 Å². The lowest BCUT2D eigenvalue weighted by molar-refractivity contribution is -0.406. The molecule has 72 valence electrons. The first-order chi connectivity index (χ1) is 6.72. The number of oxazole rings is 1. The van der Waals surface area contributed by atoms with Crippen molar-refractivity contribution in [2.24, 2.45) is 0 Å². The minimum atomic E-state index is -0.681. The van der Waals surface area contributed by atoms with Crippen molar-refractivity contribution < 1.29 is 14.1 Å². The Morgan fingerprint density at radius 1 is 1.57 bits per heavy atom. The Kier molecular flexibility index (Phi) is 1.81. The number of benzene rings is 1. The standard InChI is InChI=1S/C8H6N2O4/c1-13-5-3-2-4-6-7(5)9-8(14-6)10(11)12/h2-4H,1H3. The van der Waals surface area contributed by atoms with E-state index >= 15 is 0 Å². The third-order valence-corrected chi connectivity index (χ3v) is 1.75. The van der Waals surface area contributed by atoms with E-state index in [9.17, 15) is 10.1 Å². The van der Waals surface area contributed by atoms with Gasteiger partial charge in [-0.15, -0.1) is 0 Å². The summed E-state index contributed by atoms with van der Waals surface area (Å²) in [7, 11) is 1.47. The number of methoxy groups -OCH3 is 1. The number of ether oxygens (including phenoxy) is 1. The number of fused-ring (bicyclic) bond motifs is 1. The summed E-state index contributed by atoms with van der Waals surface area (Å²) in [6.45, 7) is 0. The van der Waals surface area contributed by atoms with E-state index in [1.54, 1.807) is 18.2 Å². The molecule has 0 N–H and O–H groups in total. The van der Waals surface area contributed by atoms with Crippen LogP contribution in [0.2, 0.25) is 0 Å². The molecule has 0 atom stereocenters. The second kappa shape index (κ2) is 2.99. The summed E-state index contributed by atoms with van der Waals surface area (Å²) >= 11 is 0. The summed E-state index contributed by atoms with van der Waals surface area (Å²) in [5.74, 6) is 0.458. The van der Waals surface area contributed by atoms with Gasteiger partial charge in [-0.05, 0) is 12.1 Å². The zero-order valence-corrected chi connectivity index (χ0v) is 7.26. The molecule has 6 nitrogen and oxygen atoms in total. The molecular weight excluding hydrogens is 188 g/mol. The van der Waals surface area contributed by atoms with Crippen LogP contribution in [0.25, 0.3) is 11.1 Å². The van der Waals surface area contributed by atoms with Crippen LogP contribution in [0.3, 0.4) is 0 Å². The average Bonchev–Trinajstić information content (AvgIpc) is 2.60. The van der Waals surface area contributed by atoms with Crippen LogP contribution in [0.15, 0.2) is 22.6 Å². The second-order valence-corrected chi connectivity index (χ2v) is 2.56. The zero-order valence-electron chi connectivity index (χ0n) is 7.26. The number of rotatable bonds is 2. The molecule has 0 aliphatic rings. The minimum absolute atomic E-state index is 0.344. The molecule has 14 heavy (non-hydrogen) atoms. The number of hydrogen-bond acceptors (Lipinski definition) is 5. The van der Waals surface area contributed by atoms with Crippen molar-refractivity contribution >= 4 is 17.1 Å². The minimum Gasteiger partial charge on any atom is -0.492 e. The molecule has 2 rings (SSSR count). The molecule has 0 spiro atoms. The molecular formula is C8H6N2O4. The van der Waals surface area contributed by atoms with Crippen molar-refractivity contribution in [2.45, 2.75) is 0 Å². The van der Waals surface area contributed by atoms with Crippen LogP contribution in [-0.4, -0.2) is 17.0 Å². The summed E-state index contributed by atoms with van der Waals surface area (Å²) in [5, 5.41) is 10.4. The Balaban J connectivity index is 2.70. The largest absolute Gasteiger partial charge is 0.546 e. The van der Waals surface area contributed by atoms with E-state index in [1.165, 1.54) is 7.11 Å². The highest BCUT2D eigenvalue weighted by Gasteiger charge is 2.20. The van der Waals surface area contributed by atoms with Crippen LogP contribution in [0.4, 0.5) is 6.01 Å². The fraction of sp³-hybridized carbons (Fsp3) is 0.125. The fourth-order valence-corrected chi connectivity index (χ4v) is 1.15. The van der Waals surface area contributed by atoms with Crippen LogP contribution in [-0.2, 0) is 0 Å². The van der Waals surface area contributed by atoms with E-state index in [4.69, 9.17) is 9.15 Å². The van der Waals surface area contributed by atoms with E-state index in [0.717, 1.165) is 0 Å². The van der Waals surface area contributed by atoms with E-state index in [2.05, 4.69) is 4.98 Å². The predicted octanol–water partition coefficient (Wildman–Crippen LogP) is 1.74. The van der Waals surface area contributed by atoms with Crippen LogP contribution < -0.4 is 4.74 Å². The van der Waals surface area contributed by atoms with Gasteiger partial charge in [0, 0.05) is 9.91 Å². The van der Waals surface area contributed by atoms with Gasteiger partial charge in [0.1, 0.15) is 0 Å². The molecule has 0 radical (unpaired) electrons. The summed E-state index contributed by atoms with van der Waals surface area (Å²) in [4.78, 5) is 13.4. The van der Waals surface area contributed by atoms with Crippen molar-refractivity contribution in [3.05, 3.63) is 28.3 Å². The van der Waals surface area contributed by atoms with Gasteiger partial charge in [0.2, 0.25) is 0 Å². The van der Waals surface area contributed by atoms with Crippen LogP contribution in [0, 0.1) is 10.1 Å². The van der Waals surface area contributed by atoms with Gasteiger partial charge in [-0.1, -0.05) is 6.07 Å². The third-order valence-electron chi connectivity index (χ3n) is 1.75. The Bertz CT molecular complexity index is 491. The predicted molar refractivity (Wildman–Crippen MR) is 47.2 cm³/mol. The van der Waals surface area contributed by atoms with Gasteiger partial charge in [0.05, 0.1) is 7.11 Å². The molecule has 0 fully saturated rings. The molecule has 0 unspecified atom stereocenters. The van der Waals surface area contributed by atoms with Crippen molar-refractivity contribution in [1.29, 1.82) is 0 Å². The van der Waals surface area contributed by atoms with E-state index in [1.807, 2.05) is 0 Å². The summed E-state index contributed by atoms with van der Waals surface area (Å²) in [5.41, 5.74) is 0.706.